The maximum Gasteiger partial charge on any atom is 0.305 e. The number of aromatic nitrogens is 2. The second-order valence-corrected chi connectivity index (χ2v) is 10.2. The molecule has 0 aliphatic carbocycles. The van der Waals surface area contributed by atoms with Crippen LogP contribution in [0.1, 0.15) is 42.2 Å². The fourth-order valence-electron chi connectivity index (χ4n) is 4.78. The number of rotatable bonds is 10. The minimum Gasteiger partial charge on any atom is -0.494 e. The van der Waals surface area contributed by atoms with E-state index in [9.17, 15) is 14.0 Å². The van der Waals surface area contributed by atoms with Crippen molar-refractivity contribution in [3.63, 3.8) is 0 Å². The molecule has 0 aliphatic rings. The number of ether oxygens (including phenoxy) is 1. The third kappa shape index (κ3) is 6.29. The van der Waals surface area contributed by atoms with Crippen molar-refractivity contribution >= 4 is 34.2 Å². The smallest absolute Gasteiger partial charge is 0.305 e. The Morgan fingerprint density at radius 3 is 2.40 bits per heavy atom. The molecule has 5 rings (SSSR count). The van der Waals surface area contributed by atoms with E-state index in [1.165, 1.54) is 6.07 Å². The number of halogens is 2. The Kier molecular flexibility index (Phi) is 8.54. The zero-order chi connectivity index (χ0) is 29.8. The van der Waals surface area contributed by atoms with Gasteiger partial charge in [-0.2, -0.15) is 5.10 Å². The molecule has 0 bridgehead atoms. The van der Waals surface area contributed by atoms with Crippen LogP contribution in [0.25, 0.3) is 33.3 Å². The monoisotopic (exact) mass is 585 g/mol. The van der Waals surface area contributed by atoms with Crippen LogP contribution in [-0.2, 0) is 4.79 Å². The Labute approximate surface area is 247 Å². The van der Waals surface area contributed by atoms with E-state index in [1.807, 2.05) is 67.1 Å². The number of carbonyl (C=O) groups excluding carboxylic acids is 1. The molecule has 4 aromatic carbocycles. The number of carbonyl (C=O) groups is 2. The van der Waals surface area contributed by atoms with Crippen LogP contribution < -0.4 is 10.1 Å². The largest absolute Gasteiger partial charge is 0.494 e. The predicted molar refractivity (Wildman–Crippen MR) is 162 cm³/mol. The van der Waals surface area contributed by atoms with Gasteiger partial charge in [0.1, 0.15) is 11.6 Å². The molecular weight excluding hydrogens is 557 g/mol. The molecule has 42 heavy (non-hydrogen) atoms. The summed E-state index contributed by atoms with van der Waals surface area (Å²) in [6.07, 6.45) is -0.146. The highest BCUT2D eigenvalue weighted by molar-refractivity contribution is 6.31. The van der Waals surface area contributed by atoms with Crippen LogP contribution in [0.5, 0.6) is 5.75 Å². The Morgan fingerprint density at radius 1 is 0.976 bits per heavy atom. The number of hydrogen-bond acceptors (Lipinski definition) is 4. The van der Waals surface area contributed by atoms with Crippen molar-refractivity contribution in [3.05, 3.63) is 107 Å². The molecule has 5 aromatic rings. The highest BCUT2D eigenvalue weighted by Gasteiger charge is 2.19. The molecule has 0 saturated heterocycles. The number of aliphatic carboxylic acids is 1. The number of nitrogens with one attached hydrogen (secondary N) is 1. The van der Waals surface area contributed by atoms with Crippen molar-refractivity contribution in [1.29, 1.82) is 0 Å². The molecule has 1 heterocycles. The van der Waals surface area contributed by atoms with E-state index < -0.39 is 11.8 Å². The van der Waals surface area contributed by atoms with Gasteiger partial charge in [-0.1, -0.05) is 41.9 Å². The minimum atomic E-state index is -0.974. The van der Waals surface area contributed by atoms with Crippen molar-refractivity contribution < 1.29 is 23.8 Å². The normalized spacial score (nSPS) is 11.8. The van der Waals surface area contributed by atoms with E-state index in [0.717, 1.165) is 33.3 Å². The number of hydrogen-bond donors (Lipinski definition) is 2. The zero-order valence-corrected chi connectivity index (χ0v) is 23.9. The summed E-state index contributed by atoms with van der Waals surface area (Å²) >= 11 is 6.09. The van der Waals surface area contributed by atoms with Crippen molar-refractivity contribution in [2.45, 2.75) is 26.3 Å². The van der Waals surface area contributed by atoms with Crippen molar-refractivity contribution in [2.75, 3.05) is 13.2 Å². The van der Waals surface area contributed by atoms with E-state index in [-0.39, 0.29) is 29.9 Å². The summed E-state index contributed by atoms with van der Waals surface area (Å²) in [5, 5.41) is 18.4. The summed E-state index contributed by atoms with van der Waals surface area (Å²) in [7, 11) is 0. The van der Waals surface area contributed by atoms with E-state index in [1.54, 1.807) is 24.3 Å². The van der Waals surface area contributed by atoms with E-state index in [4.69, 9.17) is 26.5 Å². The molecular formula is C33H29ClFN3O4. The van der Waals surface area contributed by atoms with Gasteiger partial charge in [-0.3, -0.25) is 14.3 Å². The van der Waals surface area contributed by atoms with Crippen molar-refractivity contribution in [1.82, 2.24) is 15.1 Å². The maximum atomic E-state index is 13.9. The minimum absolute atomic E-state index is 0.0182. The van der Waals surface area contributed by atoms with Crippen molar-refractivity contribution in [2.24, 2.45) is 0 Å². The van der Waals surface area contributed by atoms with Gasteiger partial charge in [-0.15, -0.1) is 0 Å². The summed E-state index contributed by atoms with van der Waals surface area (Å²) < 4.78 is 21.5. The summed E-state index contributed by atoms with van der Waals surface area (Å²) in [6.45, 7) is 4.60. The third-order valence-corrected chi connectivity index (χ3v) is 7.31. The topological polar surface area (TPSA) is 93.5 Å². The number of amides is 1. The summed E-state index contributed by atoms with van der Waals surface area (Å²) in [5.74, 6) is -1.000. The summed E-state index contributed by atoms with van der Waals surface area (Å²) in [5.41, 5.74) is 4.46. The summed E-state index contributed by atoms with van der Waals surface area (Å²) in [6, 6.07) is 25.5. The first kappa shape index (κ1) is 28.8. The molecule has 0 radical (unpaired) electrons. The molecule has 0 spiro atoms. The van der Waals surface area contributed by atoms with Crippen LogP contribution in [0.2, 0.25) is 5.02 Å². The quantitative estimate of drug-likeness (QED) is 0.178. The lowest BCUT2D eigenvalue weighted by molar-refractivity contribution is -0.136. The first-order valence-electron chi connectivity index (χ1n) is 13.6. The highest BCUT2D eigenvalue weighted by Crippen LogP contribution is 2.34. The van der Waals surface area contributed by atoms with Crippen LogP contribution in [0.15, 0.2) is 84.9 Å². The van der Waals surface area contributed by atoms with E-state index in [0.29, 0.717) is 23.4 Å². The lowest BCUT2D eigenvalue weighted by Gasteiger charge is -2.17. The Morgan fingerprint density at radius 2 is 1.69 bits per heavy atom. The van der Waals surface area contributed by atoms with Crippen LogP contribution in [-0.4, -0.2) is 39.9 Å². The molecule has 0 saturated carbocycles. The fourth-order valence-corrected chi connectivity index (χ4v) is 4.96. The van der Waals surface area contributed by atoms with Gasteiger partial charge in [-0.25, -0.2) is 4.39 Å². The summed E-state index contributed by atoms with van der Waals surface area (Å²) in [4.78, 5) is 23.2. The molecule has 1 aromatic heterocycles. The van der Waals surface area contributed by atoms with Gasteiger partial charge in [0.15, 0.2) is 0 Å². The van der Waals surface area contributed by atoms with Gasteiger partial charge in [0.25, 0.3) is 5.91 Å². The average Bonchev–Trinajstić information content (AvgIpc) is 3.43. The van der Waals surface area contributed by atoms with Crippen LogP contribution in [0, 0.1) is 5.82 Å². The molecule has 0 fully saturated rings. The number of nitrogens with zero attached hydrogens (tertiary/aromatic N) is 2. The predicted octanol–water partition coefficient (Wildman–Crippen LogP) is 7.38. The SMILES string of the molecule is CCOc1ccc2cc(-c3cc(-c4ccc(F)c(Cl)c4)nn3C(C)c3ccc(C(=O)NCCC(=O)O)cc3)ccc2c1. The average molecular weight is 586 g/mol. The number of benzene rings is 4. The molecule has 9 heteroatoms. The van der Waals surface area contributed by atoms with Crippen LogP contribution in [0.3, 0.4) is 0 Å². The van der Waals surface area contributed by atoms with Crippen molar-refractivity contribution in [3.8, 4) is 28.3 Å². The number of carboxylic acid groups (broad SMARTS) is 1. The molecule has 1 unspecified atom stereocenters. The molecule has 2 N–H and O–H groups in total. The van der Waals surface area contributed by atoms with Gasteiger partial charge < -0.3 is 15.2 Å². The molecule has 0 aliphatic heterocycles. The number of fused-ring (bicyclic) bond motifs is 1. The van der Waals surface area contributed by atoms with Gasteiger partial charge in [-0.05, 0) is 84.8 Å². The molecule has 7 nitrogen and oxygen atoms in total. The standard InChI is InChI=1S/C33H29ClFN3O4/c1-3-42-27-12-10-23-16-26(9-8-24(23)17-27)31-19-30(25-11-13-29(35)28(34)18-25)37-38(31)20(2)21-4-6-22(7-5-21)33(41)36-15-14-32(39)40/h4-13,16-20H,3,14-15H2,1-2H3,(H,36,41)(H,39,40). The first-order chi connectivity index (χ1) is 20.2. The molecule has 1 amide bonds. The van der Waals surface area contributed by atoms with Crippen LogP contribution >= 0.6 is 11.6 Å². The Bertz CT molecular complexity index is 1770. The second-order valence-electron chi connectivity index (χ2n) is 9.84. The third-order valence-electron chi connectivity index (χ3n) is 7.02. The first-order valence-corrected chi connectivity index (χ1v) is 13.9. The van der Waals surface area contributed by atoms with Gasteiger partial charge in [0.05, 0.1) is 35.5 Å². The van der Waals surface area contributed by atoms with Gasteiger partial charge in [0, 0.05) is 23.2 Å². The van der Waals surface area contributed by atoms with E-state index in [2.05, 4.69) is 11.4 Å². The zero-order valence-electron chi connectivity index (χ0n) is 23.1. The lowest BCUT2D eigenvalue weighted by Crippen LogP contribution is -2.26. The fraction of sp³-hybridized carbons (Fsp3) is 0.182. The maximum absolute atomic E-state index is 13.9. The molecule has 1 atom stereocenters. The van der Waals surface area contributed by atoms with Gasteiger partial charge in [0.2, 0.25) is 0 Å². The Balaban J connectivity index is 1.51. The van der Waals surface area contributed by atoms with Gasteiger partial charge >= 0.3 is 5.97 Å². The second kappa shape index (κ2) is 12.4. The molecule has 214 valence electrons. The van der Waals surface area contributed by atoms with Crippen LogP contribution in [0.4, 0.5) is 4.39 Å². The highest BCUT2D eigenvalue weighted by atomic mass is 35.5. The Hall–Kier alpha value is -4.69. The van der Waals surface area contributed by atoms with E-state index >= 15 is 0 Å². The lowest BCUT2D eigenvalue weighted by atomic mass is 10.0. The number of carboxylic acids is 1.